The molecule has 0 saturated heterocycles. The molecule has 0 radical (unpaired) electrons. The highest BCUT2D eigenvalue weighted by Crippen LogP contribution is 2.20. The van der Waals surface area contributed by atoms with Gasteiger partial charge in [-0.15, -0.1) is 0 Å². The van der Waals surface area contributed by atoms with Crippen molar-refractivity contribution in [2.24, 2.45) is 0 Å². The fraction of sp³-hybridized carbons (Fsp3) is 0.364. The van der Waals surface area contributed by atoms with Crippen molar-refractivity contribution in [1.29, 1.82) is 0 Å². The number of nitrogens with one attached hydrogen (secondary N) is 1. The molecule has 0 amide bonds. The Labute approximate surface area is 88.3 Å². The minimum atomic E-state index is 0.767. The van der Waals surface area contributed by atoms with Crippen LogP contribution in [0, 0.1) is 0 Å². The number of rotatable bonds is 5. The van der Waals surface area contributed by atoms with Crippen LogP contribution in [0.1, 0.15) is 12.3 Å². The molecule has 0 aromatic carbocycles. The van der Waals surface area contributed by atoms with Gasteiger partial charge in [-0.2, -0.15) is 0 Å². The minimum Gasteiger partial charge on any atom is -0.472 e. The van der Waals surface area contributed by atoms with Crippen molar-refractivity contribution in [2.75, 3.05) is 13.6 Å². The van der Waals surface area contributed by atoms with Gasteiger partial charge in [0, 0.05) is 6.42 Å². The fourth-order valence-electron chi connectivity index (χ4n) is 1.38. The van der Waals surface area contributed by atoms with Crippen LogP contribution < -0.4 is 5.32 Å². The maximum atomic E-state index is 5.58. The first-order valence-electron chi connectivity index (χ1n) is 5.02. The van der Waals surface area contributed by atoms with E-state index >= 15 is 0 Å². The molecule has 0 saturated carbocycles. The summed E-state index contributed by atoms with van der Waals surface area (Å²) in [6.45, 7) is 0.976. The molecule has 2 aromatic heterocycles. The van der Waals surface area contributed by atoms with Gasteiger partial charge in [0.05, 0.1) is 18.0 Å². The summed E-state index contributed by atoms with van der Waals surface area (Å²) in [7, 11) is 1.94. The predicted octanol–water partition coefficient (Wildman–Crippen LogP) is 2.09. The van der Waals surface area contributed by atoms with Crippen LogP contribution in [-0.2, 0) is 6.42 Å². The van der Waals surface area contributed by atoms with Crippen molar-refractivity contribution < 1.29 is 8.83 Å². The molecule has 0 unspecified atom stereocenters. The summed E-state index contributed by atoms with van der Waals surface area (Å²) in [6.07, 6.45) is 6.90. The second-order valence-corrected chi connectivity index (χ2v) is 3.34. The molecule has 1 N–H and O–H groups in total. The maximum Gasteiger partial charge on any atom is 0.194 e. The van der Waals surface area contributed by atoms with E-state index in [4.69, 9.17) is 8.83 Å². The van der Waals surface area contributed by atoms with E-state index in [0.717, 1.165) is 36.6 Å². The summed E-state index contributed by atoms with van der Waals surface area (Å²) in [5.41, 5.74) is 0.933. The average Bonchev–Trinajstić information content (AvgIpc) is 2.87. The summed E-state index contributed by atoms with van der Waals surface area (Å²) in [5, 5.41) is 3.09. The fourth-order valence-corrected chi connectivity index (χ4v) is 1.38. The van der Waals surface area contributed by atoms with Gasteiger partial charge in [0.2, 0.25) is 0 Å². The second-order valence-electron chi connectivity index (χ2n) is 3.34. The number of hydrogen-bond acceptors (Lipinski definition) is 4. The lowest BCUT2D eigenvalue weighted by molar-refractivity contribution is 0.494. The first kappa shape index (κ1) is 9.98. The van der Waals surface area contributed by atoms with E-state index in [2.05, 4.69) is 10.3 Å². The van der Waals surface area contributed by atoms with Crippen molar-refractivity contribution in [3.63, 3.8) is 0 Å². The smallest absolute Gasteiger partial charge is 0.194 e. The topological polar surface area (TPSA) is 51.2 Å². The highest BCUT2D eigenvalue weighted by Gasteiger charge is 2.06. The monoisotopic (exact) mass is 206 g/mol. The Balaban J connectivity index is 1.98. The Bertz CT molecular complexity index is 392. The van der Waals surface area contributed by atoms with Gasteiger partial charge in [0.1, 0.15) is 6.26 Å². The highest BCUT2D eigenvalue weighted by atomic mass is 16.4. The molecular formula is C11H14N2O2. The molecule has 2 heterocycles. The Kier molecular flexibility index (Phi) is 3.19. The lowest BCUT2D eigenvalue weighted by Gasteiger charge is -1.95. The van der Waals surface area contributed by atoms with Crippen LogP contribution in [0.2, 0.25) is 0 Å². The predicted molar refractivity (Wildman–Crippen MR) is 56.5 cm³/mol. The molecule has 2 aromatic rings. The SMILES string of the molecule is CNCCCc1ncc(-c2ccoc2)o1. The number of aryl methyl sites for hydroxylation is 1. The van der Waals surface area contributed by atoms with Crippen molar-refractivity contribution >= 4 is 0 Å². The average molecular weight is 206 g/mol. The van der Waals surface area contributed by atoms with Gasteiger partial charge in [-0.05, 0) is 26.1 Å². The third-order valence-corrected chi connectivity index (χ3v) is 2.18. The Morgan fingerprint density at radius 2 is 2.40 bits per heavy atom. The molecule has 2 rings (SSSR count). The lowest BCUT2D eigenvalue weighted by atomic mass is 10.3. The number of oxazole rings is 1. The normalized spacial score (nSPS) is 10.7. The molecule has 0 atom stereocenters. The van der Waals surface area contributed by atoms with E-state index in [1.807, 2.05) is 13.1 Å². The third-order valence-electron chi connectivity index (χ3n) is 2.18. The molecule has 0 bridgehead atoms. The second kappa shape index (κ2) is 4.79. The number of hydrogen-bond donors (Lipinski definition) is 1. The van der Waals surface area contributed by atoms with Gasteiger partial charge in [-0.3, -0.25) is 0 Å². The van der Waals surface area contributed by atoms with Crippen LogP contribution in [0.15, 0.2) is 33.6 Å². The summed E-state index contributed by atoms with van der Waals surface area (Å²) in [4.78, 5) is 4.21. The Morgan fingerprint density at radius 1 is 1.47 bits per heavy atom. The number of nitrogens with zero attached hydrogens (tertiary/aromatic N) is 1. The minimum absolute atomic E-state index is 0.767. The largest absolute Gasteiger partial charge is 0.472 e. The molecule has 0 aliphatic rings. The van der Waals surface area contributed by atoms with Gasteiger partial charge in [-0.25, -0.2) is 4.98 Å². The Morgan fingerprint density at radius 3 is 3.13 bits per heavy atom. The van der Waals surface area contributed by atoms with Gasteiger partial charge < -0.3 is 14.2 Å². The quantitative estimate of drug-likeness (QED) is 0.761. The van der Waals surface area contributed by atoms with Gasteiger partial charge in [0.25, 0.3) is 0 Å². The van der Waals surface area contributed by atoms with E-state index < -0.39 is 0 Å². The first-order chi connectivity index (χ1) is 7.40. The van der Waals surface area contributed by atoms with Crippen molar-refractivity contribution in [3.05, 3.63) is 30.7 Å². The molecule has 80 valence electrons. The first-order valence-corrected chi connectivity index (χ1v) is 5.02. The zero-order chi connectivity index (χ0) is 10.5. The summed E-state index contributed by atoms with van der Waals surface area (Å²) < 4.78 is 10.6. The summed E-state index contributed by atoms with van der Waals surface area (Å²) in [6, 6.07) is 1.86. The molecular weight excluding hydrogens is 192 g/mol. The van der Waals surface area contributed by atoms with E-state index in [1.54, 1.807) is 18.7 Å². The van der Waals surface area contributed by atoms with Crippen LogP contribution >= 0.6 is 0 Å². The van der Waals surface area contributed by atoms with Crippen LogP contribution in [-0.4, -0.2) is 18.6 Å². The number of aromatic nitrogens is 1. The van der Waals surface area contributed by atoms with Crippen molar-refractivity contribution in [3.8, 4) is 11.3 Å². The van der Waals surface area contributed by atoms with Crippen molar-refractivity contribution in [1.82, 2.24) is 10.3 Å². The summed E-state index contributed by atoms with van der Waals surface area (Å²) in [5.74, 6) is 1.55. The molecule has 15 heavy (non-hydrogen) atoms. The third kappa shape index (κ3) is 2.47. The molecule has 4 heteroatoms. The van der Waals surface area contributed by atoms with Crippen molar-refractivity contribution in [2.45, 2.75) is 12.8 Å². The van der Waals surface area contributed by atoms with Gasteiger partial charge >= 0.3 is 0 Å². The van der Waals surface area contributed by atoms with Crippen LogP contribution in [0.4, 0.5) is 0 Å². The van der Waals surface area contributed by atoms with E-state index in [-0.39, 0.29) is 0 Å². The molecule has 0 spiro atoms. The zero-order valence-corrected chi connectivity index (χ0v) is 8.69. The maximum absolute atomic E-state index is 5.58. The Hall–Kier alpha value is -1.55. The highest BCUT2D eigenvalue weighted by molar-refractivity contribution is 5.53. The van der Waals surface area contributed by atoms with E-state index in [9.17, 15) is 0 Å². The van der Waals surface area contributed by atoms with E-state index in [0.29, 0.717) is 0 Å². The lowest BCUT2D eigenvalue weighted by Crippen LogP contribution is -2.08. The van der Waals surface area contributed by atoms with Crippen LogP contribution in [0.3, 0.4) is 0 Å². The molecule has 0 fully saturated rings. The number of furan rings is 1. The standard InChI is InChI=1S/C11H14N2O2/c1-12-5-2-3-11-13-7-10(15-11)9-4-6-14-8-9/h4,6-8,12H,2-3,5H2,1H3. The summed E-state index contributed by atoms with van der Waals surface area (Å²) >= 11 is 0. The molecule has 4 nitrogen and oxygen atoms in total. The molecule has 0 aliphatic carbocycles. The van der Waals surface area contributed by atoms with Crippen LogP contribution in [0.25, 0.3) is 11.3 Å². The molecule has 0 aliphatic heterocycles. The van der Waals surface area contributed by atoms with E-state index in [1.165, 1.54) is 0 Å². The van der Waals surface area contributed by atoms with Gasteiger partial charge in [0.15, 0.2) is 11.7 Å². The van der Waals surface area contributed by atoms with Gasteiger partial charge in [-0.1, -0.05) is 0 Å². The zero-order valence-electron chi connectivity index (χ0n) is 8.69. The van der Waals surface area contributed by atoms with Crippen LogP contribution in [0.5, 0.6) is 0 Å².